The number of rotatable bonds is 4. The molecule has 1 aromatic carbocycles. The quantitative estimate of drug-likeness (QED) is 0.856. The summed E-state index contributed by atoms with van der Waals surface area (Å²) < 4.78 is 29.4. The molecule has 3 nitrogen and oxygen atoms in total. The normalized spacial score (nSPS) is 14.5. The first kappa shape index (κ1) is 15.0. The fourth-order valence-corrected chi connectivity index (χ4v) is 2.26. The number of ether oxygens (including phenoxy) is 1. The van der Waals surface area contributed by atoms with E-state index in [1.165, 1.54) is 13.2 Å². The van der Waals surface area contributed by atoms with Crippen LogP contribution in [0.15, 0.2) is 24.3 Å². The number of allylic oxidation sites excluding steroid dienone is 1. The molecule has 0 heterocycles. The molecule has 100 valence electrons. The van der Waals surface area contributed by atoms with Crippen LogP contribution in [-0.2, 0) is 11.4 Å². The van der Waals surface area contributed by atoms with Crippen LogP contribution >= 0.6 is 0 Å². The maximum absolute atomic E-state index is 13.7. The topological polar surface area (TPSA) is 58.3 Å². The van der Waals surface area contributed by atoms with Crippen LogP contribution in [0.1, 0.15) is 26.3 Å². The number of hydrogen-bond donors (Lipinski definition) is 1. The molecule has 0 saturated heterocycles. The second kappa shape index (κ2) is 5.73. The minimum absolute atomic E-state index is 0.181. The third kappa shape index (κ3) is 2.85. The zero-order valence-corrected chi connectivity index (χ0v) is 11.8. The van der Waals surface area contributed by atoms with Crippen LogP contribution in [0.25, 0.3) is 5.57 Å². The van der Waals surface area contributed by atoms with E-state index in [4.69, 9.17) is 9.88 Å². The molecule has 0 radical (unpaired) electrons. The summed E-state index contributed by atoms with van der Waals surface area (Å²) in [5, 5.41) is 5.49. The number of nitrogens with two attached hydrogens (primary N) is 1. The lowest BCUT2D eigenvalue weighted by molar-refractivity contribution is 0.386. The highest BCUT2D eigenvalue weighted by atomic mass is 32.2. The Morgan fingerprint density at radius 2 is 2.11 bits per heavy atom. The largest absolute Gasteiger partial charge is 0.598 e. The Labute approximate surface area is 110 Å². The fourth-order valence-electron chi connectivity index (χ4n) is 1.80. The molecular weight excluding hydrogens is 253 g/mol. The van der Waals surface area contributed by atoms with Crippen molar-refractivity contribution >= 4 is 16.9 Å². The molecule has 0 fully saturated rings. The Morgan fingerprint density at radius 1 is 1.50 bits per heavy atom. The van der Waals surface area contributed by atoms with Gasteiger partial charge in [-0.15, -0.1) is 0 Å². The molecule has 18 heavy (non-hydrogen) atoms. The van der Waals surface area contributed by atoms with Gasteiger partial charge in [0.2, 0.25) is 0 Å². The number of benzene rings is 1. The molecule has 1 unspecified atom stereocenters. The molecule has 5 heteroatoms. The minimum Gasteiger partial charge on any atom is -0.598 e. The fraction of sp³-hybridized carbons (Fsp3) is 0.385. The Balaban J connectivity index is 3.24. The van der Waals surface area contributed by atoms with E-state index in [1.54, 1.807) is 32.1 Å². The summed E-state index contributed by atoms with van der Waals surface area (Å²) in [5.74, 6) is -0.270. The van der Waals surface area contributed by atoms with Crippen molar-refractivity contribution in [1.82, 2.24) is 0 Å². The van der Waals surface area contributed by atoms with Crippen molar-refractivity contribution in [2.24, 2.45) is 5.14 Å². The highest BCUT2D eigenvalue weighted by molar-refractivity contribution is 7.91. The number of halogens is 1. The summed E-state index contributed by atoms with van der Waals surface area (Å²) in [7, 11) is 1.41. The molecule has 1 aromatic rings. The van der Waals surface area contributed by atoms with Gasteiger partial charge in [0.1, 0.15) is 0 Å². The molecule has 0 aliphatic heterocycles. The summed E-state index contributed by atoms with van der Waals surface area (Å²) in [6.45, 7) is 5.34. The molecule has 0 bridgehead atoms. The van der Waals surface area contributed by atoms with Gasteiger partial charge in [0, 0.05) is 16.9 Å². The maximum atomic E-state index is 13.7. The first-order valence-electron chi connectivity index (χ1n) is 5.51. The van der Waals surface area contributed by atoms with Crippen molar-refractivity contribution < 1.29 is 13.7 Å². The molecule has 0 aliphatic rings. The summed E-state index contributed by atoms with van der Waals surface area (Å²) in [5.41, 5.74) is 1.39. The highest BCUT2D eigenvalue weighted by Gasteiger charge is 2.35. The minimum atomic E-state index is -1.54. The predicted octanol–water partition coefficient (Wildman–Crippen LogP) is 2.64. The third-order valence-electron chi connectivity index (χ3n) is 2.90. The molecule has 0 saturated carbocycles. The third-order valence-corrected chi connectivity index (χ3v) is 4.13. The van der Waals surface area contributed by atoms with E-state index in [-0.39, 0.29) is 5.75 Å². The van der Waals surface area contributed by atoms with Gasteiger partial charge in [-0.25, -0.2) is 4.39 Å². The molecule has 0 amide bonds. The molecular formula is C13H18FNO2S. The second-order valence-electron chi connectivity index (χ2n) is 4.36. The van der Waals surface area contributed by atoms with E-state index >= 15 is 0 Å². The average Bonchev–Trinajstić information content (AvgIpc) is 2.29. The van der Waals surface area contributed by atoms with Crippen molar-refractivity contribution in [1.29, 1.82) is 0 Å². The van der Waals surface area contributed by atoms with Crippen LogP contribution in [-0.4, -0.2) is 16.4 Å². The van der Waals surface area contributed by atoms with Crippen molar-refractivity contribution in [2.45, 2.75) is 25.5 Å². The lowest BCUT2D eigenvalue weighted by Gasteiger charge is -2.27. The van der Waals surface area contributed by atoms with Gasteiger partial charge in [-0.2, -0.15) is 5.14 Å². The smallest absolute Gasteiger partial charge is 0.165 e. The van der Waals surface area contributed by atoms with Gasteiger partial charge in [0.25, 0.3) is 0 Å². The summed E-state index contributed by atoms with van der Waals surface area (Å²) in [4.78, 5) is 0. The summed E-state index contributed by atoms with van der Waals surface area (Å²) >= 11 is -1.54. The van der Waals surface area contributed by atoms with E-state index in [0.717, 1.165) is 5.57 Å². The van der Waals surface area contributed by atoms with Gasteiger partial charge >= 0.3 is 0 Å². The molecule has 0 spiro atoms. The van der Waals surface area contributed by atoms with E-state index in [0.29, 0.717) is 5.56 Å². The van der Waals surface area contributed by atoms with Crippen molar-refractivity contribution in [3.8, 4) is 5.75 Å². The van der Waals surface area contributed by atoms with Crippen molar-refractivity contribution in [3.05, 3.63) is 35.7 Å². The summed E-state index contributed by atoms with van der Waals surface area (Å²) in [6, 6.07) is 4.64. The average molecular weight is 271 g/mol. The van der Waals surface area contributed by atoms with Gasteiger partial charge in [-0.1, -0.05) is 12.1 Å². The van der Waals surface area contributed by atoms with Crippen LogP contribution in [0.3, 0.4) is 0 Å². The first-order chi connectivity index (χ1) is 8.34. The maximum Gasteiger partial charge on any atom is 0.165 e. The van der Waals surface area contributed by atoms with Crippen LogP contribution in [0.5, 0.6) is 5.75 Å². The van der Waals surface area contributed by atoms with Gasteiger partial charge in [0.05, 0.1) is 7.11 Å². The summed E-state index contributed by atoms with van der Waals surface area (Å²) in [6.07, 6.45) is 1.80. The number of hydrogen-bond acceptors (Lipinski definition) is 3. The second-order valence-corrected chi connectivity index (χ2v) is 5.97. The Hall–Kier alpha value is -1.04. The monoisotopic (exact) mass is 271 g/mol. The Morgan fingerprint density at radius 3 is 2.50 bits per heavy atom. The lowest BCUT2D eigenvalue weighted by atomic mass is 9.94. The SMILES string of the molecule is CC=C(c1ccc(OC)c(F)c1)C(C)(C)[S+](N)[O-]. The zero-order valence-electron chi connectivity index (χ0n) is 11.0. The van der Waals surface area contributed by atoms with Gasteiger partial charge < -0.3 is 9.29 Å². The Kier molecular flexibility index (Phi) is 4.78. The molecule has 0 aliphatic carbocycles. The molecule has 2 N–H and O–H groups in total. The van der Waals surface area contributed by atoms with Crippen LogP contribution in [0, 0.1) is 5.82 Å². The van der Waals surface area contributed by atoms with Crippen molar-refractivity contribution in [3.63, 3.8) is 0 Å². The van der Waals surface area contributed by atoms with E-state index < -0.39 is 21.9 Å². The van der Waals surface area contributed by atoms with Gasteiger partial charge in [-0.3, -0.25) is 0 Å². The molecule has 1 rings (SSSR count). The zero-order chi connectivity index (χ0) is 13.9. The lowest BCUT2D eigenvalue weighted by Crippen LogP contribution is -2.38. The first-order valence-corrected chi connectivity index (χ1v) is 6.72. The van der Waals surface area contributed by atoms with E-state index in [9.17, 15) is 8.94 Å². The van der Waals surface area contributed by atoms with Crippen molar-refractivity contribution in [2.75, 3.05) is 7.11 Å². The predicted molar refractivity (Wildman–Crippen MR) is 73.0 cm³/mol. The standard InChI is InChI=1S/C13H18FNO2S/c1-5-10(13(2,3)18(15)16)9-6-7-12(17-4)11(14)8-9/h5-8H,15H2,1-4H3. The highest BCUT2D eigenvalue weighted by Crippen LogP contribution is 2.33. The van der Waals surface area contributed by atoms with E-state index in [1.807, 2.05) is 6.92 Å². The van der Waals surface area contributed by atoms with Crippen LogP contribution < -0.4 is 9.88 Å². The van der Waals surface area contributed by atoms with E-state index in [2.05, 4.69) is 0 Å². The van der Waals surface area contributed by atoms with Gasteiger partial charge in [-0.05, 0) is 38.5 Å². The van der Waals surface area contributed by atoms with Crippen LogP contribution in [0.4, 0.5) is 4.39 Å². The molecule has 0 aromatic heterocycles. The van der Waals surface area contributed by atoms with Crippen LogP contribution in [0.2, 0.25) is 0 Å². The molecule has 1 atom stereocenters. The Bertz CT molecular complexity index is 458. The number of methoxy groups -OCH3 is 1. The van der Waals surface area contributed by atoms with Gasteiger partial charge in [0.15, 0.2) is 16.3 Å².